The van der Waals surface area contributed by atoms with Crippen LogP contribution in [0.25, 0.3) is 0 Å². The van der Waals surface area contributed by atoms with Gasteiger partial charge in [-0.15, -0.1) is 0 Å². The second kappa shape index (κ2) is 11.2. The molecule has 0 fully saturated rings. The van der Waals surface area contributed by atoms with Gasteiger partial charge in [-0.2, -0.15) is 0 Å². The molecule has 0 radical (unpaired) electrons. The van der Waals surface area contributed by atoms with E-state index in [2.05, 4.69) is 11.7 Å². The Kier molecular flexibility index (Phi) is 10.4. The number of ether oxygens (including phenoxy) is 1. The molecule has 0 aromatic carbocycles. The average Bonchev–Trinajstić information content (AvgIpc) is 2.26. The van der Waals surface area contributed by atoms with Crippen molar-refractivity contribution in [1.82, 2.24) is 5.32 Å². The number of hydrogen-bond donors (Lipinski definition) is 2. The van der Waals surface area contributed by atoms with E-state index in [1.807, 2.05) is 0 Å². The van der Waals surface area contributed by atoms with E-state index in [9.17, 15) is 9.59 Å². The normalized spacial score (nSPS) is 9.94. The molecule has 100 valence electrons. The summed E-state index contributed by atoms with van der Waals surface area (Å²) in [7, 11) is 0. The topological polar surface area (TPSA) is 75.6 Å². The molecule has 5 nitrogen and oxygen atoms in total. The fraction of sp³-hybridized carbons (Fsp3) is 0.833. The van der Waals surface area contributed by atoms with Gasteiger partial charge in [0.05, 0.1) is 6.61 Å². The smallest absolute Gasteiger partial charge is 0.416 e. The van der Waals surface area contributed by atoms with E-state index < -0.39 is 12.2 Å². The first-order valence-corrected chi connectivity index (χ1v) is 6.33. The van der Waals surface area contributed by atoms with Crippen LogP contribution in [0.1, 0.15) is 58.3 Å². The van der Waals surface area contributed by atoms with E-state index in [1.165, 1.54) is 32.1 Å². The summed E-state index contributed by atoms with van der Waals surface area (Å²) >= 11 is 0. The van der Waals surface area contributed by atoms with Gasteiger partial charge >= 0.3 is 12.2 Å². The summed E-state index contributed by atoms with van der Waals surface area (Å²) in [6.07, 6.45) is 7.04. The summed E-state index contributed by atoms with van der Waals surface area (Å²) in [5, 5.41) is 9.84. The van der Waals surface area contributed by atoms with Crippen LogP contribution in [0.3, 0.4) is 0 Å². The van der Waals surface area contributed by atoms with Crippen LogP contribution in [-0.4, -0.2) is 23.9 Å². The van der Waals surface area contributed by atoms with Crippen molar-refractivity contribution in [2.75, 3.05) is 6.61 Å². The van der Waals surface area contributed by atoms with Gasteiger partial charge in [0.25, 0.3) is 0 Å². The van der Waals surface area contributed by atoms with Gasteiger partial charge in [-0.25, -0.2) is 14.9 Å². The van der Waals surface area contributed by atoms with Crippen LogP contribution in [0.15, 0.2) is 0 Å². The Balaban J connectivity index is 3.13. The third-order valence-electron chi connectivity index (χ3n) is 2.44. The van der Waals surface area contributed by atoms with Crippen molar-refractivity contribution in [3.8, 4) is 0 Å². The van der Waals surface area contributed by atoms with E-state index in [0.717, 1.165) is 19.3 Å². The number of carbonyl (C=O) groups excluding carboxylic acids is 1. The summed E-state index contributed by atoms with van der Waals surface area (Å²) in [6.45, 7) is 2.48. The van der Waals surface area contributed by atoms with Crippen LogP contribution in [0.4, 0.5) is 9.59 Å². The van der Waals surface area contributed by atoms with Crippen molar-refractivity contribution in [3.63, 3.8) is 0 Å². The molecule has 0 saturated carbocycles. The summed E-state index contributed by atoms with van der Waals surface area (Å²) in [6, 6.07) is 0. The minimum Gasteiger partial charge on any atom is -0.465 e. The highest BCUT2D eigenvalue weighted by atomic mass is 16.6. The molecule has 17 heavy (non-hydrogen) atoms. The molecule has 0 aliphatic rings. The van der Waals surface area contributed by atoms with Gasteiger partial charge in [0.1, 0.15) is 0 Å². The highest BCUT2D eigenvalue weighted by molar-refractivity contribution is 5.86. The molecule has 0 aromatic rings. The largest absolute Gasteiger partial charge is 0.465 e. The Morgan fingerprint density at radius 2 is 1.53 bits per heavy atom. The van der Waals surface area contributed by atoms with Crippen LogP contribution in [0.5, 0.6) is 0 Å². The van der Waals surface area contributed by atoms with Gasteiger partial charge in [-0.1, -0.05) is 51.9 Å². The quantitative estimate of drug-likeness (QED) is 0.609. The molecule has 0 aromatic heterocycles. The number of amides is 2. The van der Waals surface area contributed by atoms with E-state index in [-0.39, 0.29) is 6.61 Å². The molecular formula is C12H23NO4. The van der Waals surface area contributed by atoms with Gasteiger partial charge in [0.2, 0.25) is 0 Å². The predicted octanol–water partition coefficient (Wildman–Crippen LogP) is 3.53. The summed E-state index contributed by atoms with van der Waals surface area (Å²) in [5.41, 5.74) is 0. The van der Waals surface area contributed by atoms with Crippen LogP contribution < -0.4 is 5.32 Å². The molecule has 0 aliphatic carbocycles. The van der Waals surface area contributed by atoms with Crippen molar-refractivity contribution in [3.05, 3.63) is 0 Å². The van der Waals surface area contributed by atoms with E-state index in [4.69, 9.17) is 5.11 Å². The van der Waals surface area contributed by atoms with Crippen LogP contribution >= 0.6 is 0 Å². The number of alkyl carbamates (subject to hydrolysis) is 1. The summed E-state index contributed by atoms with van der Waals surface area (Å²) < 4.78 is 4.67. The molecule has 0 spiro atoms. The lowest BCUT2D eigenvalue weighted by molar-refractivity contribution is 0.138. The van der Waals surface area contributed by atoms with E-state index in [0.29, 0.717) is 0 Å². The molecule has 0 bridgehead atoms. The highest BCUT2D eigenvalue weighted by Crippen LogP contribution is 2.08. The fourth-order valence-corrected chi connectivity index (χ4v) is 1.52. The minimum atomic E-state index is -1.38. The van der Waals surface area contributed by atoms with Crippen LogP contribution in [-0.2, 0) is 4.74 Å². The van der Waals surface area contributed by atoms with Gasteiger partial charge in [0.15, 0.2) is 0 Å². The highest BCUT2D eigenvalue weighted by Gasteiger charge is 2.04. The molecule has 0 unspecified atom stereocenters. The monoisotopic (exact) mass is 245 g/mol. The second-order valence-corrected chi connectivity index (χ2v) is 4.04. The zero-order chi connectivity index (χ0) is 12.9. The first-order valence-electron chi connectivity index (χ1n) is 6.33. The van der Waals surface area contributed by atoms with Crippen molar-refractivity contribution >= 4 is 12.2 Å². The Bertz CT molecular complexity index is 219. The minimum absolute atomic E-state index is 0.286. The maximum absolute atomic E-state index is 10.7. The Hall–Kier alpha value is -1.26. The van der Waals surface area contributed by atoms with Gasteiger partial charge < -0.3 is 9.84 Å². The Morgan fingerprint density at radius 1 is 1.00 bits per heavy atom. The molecule has 2 N–H and O–H groups in total. The lowest BCUT2D eigenvalue weighted by Crippen LogP contribution is -2.29. The number of rotatable bonds is 9. The maximum Gasteiger partial charge on any atom is 0.416 e. The lowest BCUT2D eigenvalue weighted by atomic mass is 10.1. The van der Waals surface area contributed by atoms with Gasteiger partial charge in [-0.05, 0) is 6.42 Å². The van der Waals surface area contributed by atoms with Crippen molar-refractivity contribution in [1.29, 1.82) is 0 Å². The van der Waals surface area contributed by atoms with Crippen molar-refractivity contribution < 1.29 is 19.4 Å². The molecule has 0 aliphatic heterocycles. The molecule has 0 atom stereocenters. The molecule has 0 saturated heterocycles. The van der Waals surface area contributed by atoms with E-state index in [1.54, 1.807) is 5.32 Å². The zero-order valence-electron chi connectivity index (χ0n) is 10.5. The number of nitrogens with one attached hydrogen (secondary N) is 1. The Labute approximate surface area is 103 Å². The summed E-state index contributed by atoms with van der Waals surface area (Å²) in [4.78, 5) is 20.8. The zero-order valence-corrected chi connectivity index (χ0v) is 10.5. The number of carbonyl (C=O) groups is 2. The van der Waals surface area contributed by atoms with Crippen molar-refractivity contribution in [2.24, 2.45) is 0 Å². The Morgan fingerprint density at radius 3 is 2.06 bits per heavy atom. The van der Waals surface area contributed by atoms with Crippen LogP contribution in [0.2, 0.25) is 0 Å². The van der Waals surface area contributed by atoms with Crippen molar-refractivity contribution in [2.45, 2.75) is 58.3 Å². The first kappa shape index (κ1) is 15.7. The summed E-state index contributed by atoms with van der Waals surface area (Å²) in [5.74, 6) is 0. The molecular weight excluding hydrogens is 222 g/mol. The predicted molar refractivity (Wildman–Crippen MR) is 65.1 cm³/mol. The van der Waals surface area contributed by atoms with Crippen LogP contribution in [0, 0.1) is 0 Å². The average molecular weight is 245 g/mol. The second-order valence-electron chi connectivity index (χ2n) is 4.04. The maximum atomic E-state index is 10.7. The van der Waals surface area contributed by atoms with Gasteiger partial charge in [-0.3, -0.25) is 0 Å². The molecule has 0 heterocycles. The number of imide groups is 1. The third kappa shape index (κ3) is 12.7. The van der Waals surface area contributed by atoms with E-state index >= 15 is 0 Å². The standard InChI is InChI=1S/C12H23NO4/c1-2-3-4-5-6-7-8-9-10-17-12(16)13-11(14)15/h2-10H2,1H3,(H,13,16)(H,14,15). The SMILES string of the molecule is CCCCCCCCCCOC(=O)NC(=O)O. The molecule has 5 heteroatoms. The third-order valence-corrected chi connectivity index (χ3v) is 2.44. The first-order chi connectivity index (χ1) is 8.16. The number of unbranched alkanes of at least 4 members (excludes halogenated alkanes) is 7. The fourth-order valence-electron chi connectivity index (χ4n) is 1.52. The lowest BCUT2D eigenvalue weighted by Gasteiger charge is -2.04. The molecule has 2 amide bonds. The number of carboxylic acid groups (broad SMARTS) is 1. The number of hydrogen-bond acceptors (Lipinski definition) is 3. The van der Waals surface area contributed by atoms with Gasteiger partial charge in [0, 0.05) is 0 Å². The molecule has 0 rings (SSSR count).